The first kappa shape index (κ1) is 14.1. The van der Waals surface area contributed by atoms with Crippen molar-refractivity contribution in [2.24, 2.45) is 0 Å². The molecule has 1 heterocycles. The van der Waals surface area contributed by atoms with Gasteiger partial charge in [-0.3, -0.25) is 4.98 Å². The number of nitrogens with zero attached hydrogens (tertiary/aromatic N) is 1. The summed E-state index contributed by atoms with van der Waals surface area (Å²) in [4.78, 5) is 15.9. The van der Waals surface area contributed by atoms with Gasteiger partial charge in [0.1, 0.15) is 5.60 Å². The number of rotatable bonds is 2. The van der Waals surface area contributed by atoms with E-state index in [4.69, 9.17) is 16.3 Å². The van der Waals surface area contributed by atoms with Gasteiger partial charge in [0.05, 0.1) is 0 Å². The molecule has 1 fully saturated rings. The van der Waals surface area contributed by atoms with Gasteiger partial charge in [-0.15, -0.1) is 0 Å². The zero-order valence-corrected chi connectivity index (χ0v) is 12.2. The van der Waals surface area contributed by atoms with E-state index in [2.05, 4.69) is 10.3 Å². The van der Waals surface area contributed by atoms with Crippen molar-refractivity contribution in [3.8, 4) is 0 Å². The summed E-state index contributed by atoms with van der Waals surface area (Å²) in [5.41, 5.74) is 0.539. The lowest BCUT2D eigenvalue weighted by molar-refractivity contribution is 0.0470. The number of nitrogens with one attached hydrogen (secondary N) is 1. The zero-order chi connectivity index (χ0) is 14.0. The van der Waals surface area contributed by atoms with Gasteiger partial charge in [-0.05, 0) is 45.7 Å². The van der Waals surface area contributed by atoms with Crippen LogP contribution in [-0.2, 0) is 4.74 Å². The maximum Gasteiger partial charge on any atom is 0.407 e. The molecule has 0 spiro atoms. The molecule has 0 bridgehead atoms. The van der Waals surface area contributed by atoms with Gasteiger partial charge < -0.3 is 10.1 Å². The molecule has 0 atom stereocenters. The second kappa shape index (κ2) is 5.37. The van der Waals surface area contributed by atoms with Gasteiger partial charge in [0.15, 0.2) is 0 Å². The highest BCUT2D eigenvalue weighted by atomic mass is 35.5. The summed E-state index contributed by atoms with van der Waals surface area (Å²) < 4.78 is 5.22. The Bertz CT molecular complexity index is 465. The number of ether oxygens (including phenoxy) is 1. The molecular formula is C14H19ClN2O2. The molecule has 1 aliphatic carbocycles. The molecule has 2 rings (SSSR count). The van der Waals surface area contributed by atoms with E-state index in [0.29, 0.717) is 10.9 Å². The first-order valence-electron chi connectivity index (χ1n) is 6.44. The Labute approximate surface area is 118 Å². The van der Waals surface area contributed by atoms with E-state index in [1.54, 1.807) is 12.3 Å². The van der Waals surface area contributed by atoms with Crippen LogP contribution < -0.4 is 5.32 Å². The molecule has 0 radical (unpaired) electrons. The lowest BCUT2D eigenvalue weighted by Crippen LogP contribution is -2.45. The van der Waals surface area contributed by atoms with Crippen LogP contribution >= 0.6 is 11.6 Å². The van der Waals surface area contributed by atoms with E-state index >= 15 is 0 Å². The lowest BCUT2D eigenvalue weighted by Gasteiger charge is -2.35. The molecule has 4 nitrogen and oxygen atoms in total. The Morgan fingerprint density at radius 2 is 2.16 bits per heavy atom. The maximum atomic E-state index is 11.6. The highest BCUT2D eigenvalue weighted by Crippen LogP contribution is 2.36. The fourth-order valence-electron chi connectivity index (χ4n) is 2.10. The fourth-order valence-corrected chi connectivity index (χ4v) is 2.26. The number of carbonyl (C=O) groups is 1. The van der Waals surface area contributed by atoms with Gasteiger partial charge in [0.2, 0.25) is 0 Å². The summed E-state index contributed by atoms with van der Waals surface area (Å²) in [6, 6.07) is 3.82. The SMILES string of the molecule is CC(C)(C)OC(=O)N[C@H]1C[C@H](c2cc(Cl)ccn2)C1. The van der Waals surface area contributed by atoms with Crippen LogP contribution in [0.5, 0.6) is 0 Å². The summed E-state index contributed by atoms with van der Waals surface area (Å²) in [6.45, 7) is 5.56. The normalized spacial score (nSPS) is 22.5. The fraction of sp³-hybridized carbons (Fsp3) is 0.571. The van der Waals surface area contributed by atoms with E-state index in [0.717, 1.165) is 18.5 Å². The second-order valence-electron chi connectivity index (χ2n) is 5.91. The van der Waals surface area contributed by atoms with E-state index in [-0.39, 0.29) is 12.1 Å². The second-order valence-corrected chi connectivity index (χ2v) is 6.35. The summed E-state index contributed by atoms with van der Waals surface area (Å²) >= 11 is 5.93. The van der Waals surface area contributed by atoms with Crippen LogP contribution in [-0.4, -0.2) is 22.7 Å². The minimum absolute atomic E-state index is 0.167. The maximum absolute atomic E-state index is 11.6. The van der Waals surface area contributed by atoms with Crippen LogP contribution in [0.3, 0.4) is 0 Å². The van der Waals surface area contributed by atoms with Gasteiger partial charge in [-0.25, -0.2) is 4.79 Å². The van der Waals surface area contributed by atoms with E-state index < -0.39 is 5.60 Å². The molecule has 5 heteroatoms. The van der Waals surface area contributed by atoms with Crippen LogP contribution in [0.15, 0.2) is 18.3 Å². The third-order valence-electron chi connectivity index (χ3n) is 3.02. The van der Waals surface area contributed by atoms with Crippen molar-refractivity contribution in [3.05, 3.63) is 29.0 Å². The van der Waals surface area contributed by atoms with Crippen LogP contribution in [0.1, 0.15) is 45.2 Å². The third-order valence-corrected chi connectivity index (χ3v) is 3.26. The Morgan fingerprint density at radius 3 is 2.74 bits per heavy atom. The van der Waals surface area contributed by atoms with Gasteiger partial charge in [0.25, 0.3) is 0 Å². The molecule has 1 aliphatic rings. The lowest BCUT2D eigenvalue weighted by atomic mass is 9.78. The monoisotopic (exact) mass is 282 g/mol. The number of amides is 1. The van der Waals surface area contributed by atoms with Crippen LogP contribution in [0.25, 0.3) is 0 Å². The summed E-state index contributed by atoms with van der Waals surface area (Å²) in [7, 11) is 0. The molecule has 1 aromatic heterocycles. The first-order valence-corrected chi connectivity index (χ1v) is 6.82. The average Bonchev–Trinajstić information content (AvgIpc) is 2.20. The molecule has 104 valence electrons. The number of aromatic nitrogens is 1. The standard InChI is InChI=1S/C14H19ClN2O2/c1-14(2,3)19-13(18)17-11-6-9(7-11)12-8-10(15)4-5-16-12/h4-5,8-9,11H,6-7H2,1-3H3,(H,17,18)/t9-,11-. The Balaban J connectivity index is 1.79. The van der Waals surface area contributed by atoms with Crippen molar-refractivity contribution < 1.29 is 9.53 Å². The molecule has 0 aliphatic heterocycles. The smallest absolute Gasteiger partial charge is 0.407 e. The molecule has 1 N–H and O–H groups in total. The van der Waals surface area contributed by atoms with Crippen molar-refractivity contribution in [3.63, 3.8) is 0 Å². The van der Waals surface area contributed by atoms with Crippen LogP contribution in [0.4, 0.5) is 4.79 Å². The predicted molar refractivity (Wildman–Crippen MR) is 74.4 cm³/mol. The molecule has 0 aromatic carbocycles. The van der Waals surface area contributed by atoms with E-state index in [1.165, 1.54) is 0 Å². The number of pyridine rings is 1. The summed E-state index contributed by atoms with van der Waals surface area (Å²) in [5.74, 6) is 0.374. The van der Waals surface area contributed by atoms with Crippen LogP contribution in [0.2, 0.25) is 5.02 Å². The topological polar surface area (TPSA) is 51.2 Å². The van der Waals surface area contributed by atoms with Crippen molar-refractivity contribution in [2.75, 3.05) is 0 Å². The number of hydrogen-bond donors (Lipinski definition) is 1. The average molecular weight is 283 g/mol. The molecule has 0 unspecified atom stereocenters. The summed E-state index contributed by atoms with van der Waals surface area (Å²) in [6.07, 6.45) is 3.13. The molecule has 0 saturated heterocycles. The van der Waals surface area contributed by atoms with E-state index in [9.17, 15) is 4.79 Å². The molecule has 1 saturated carbocycles. The van der Waals surface area contributed by atoms with Gasteiger partial charge in [-0.2, -0.15) is 0 Å². The number of hydrogen-bond acceptors (Lipinski definition) is 3. The Kier molecular flexibility index (Phi) is 3.99. The quantitative estimate of drug-likeness (QED) is 0.903. The molecule has 1 amide bonds. The van der Waals surface area contributed by atoms with Crippen LogP contribution in [0, 0.1) is 0 Å². The highest BCUT2D eigenvalue weighted by molar-refractivity contribution is 6.30. The third kappa shape index (κ3) is 4.10. The Morgan fingerprint density at radius 1 is 1.47 bits per heavy atom. The van der Waals surface area contributed by atoms with Crippen molar-refractivity contribution in [1.29, 1.82) is 0 Å². The van der Waals surface area contributed by atoms with Gasteiger partial charge in [0, 0.05) is 28.9 Å². The van der Waals surface area contributed by atoms with Crippen molar-refractivity contribution >= 4 is 17.7 Å². The molecule has 19 heavy (non-hydrogen) atoms. The predicted octanol–water partition coefficient (Wildman–Crippen LogP) is 3.51. The number of halogens is 1. The zero-order valence-electron chi connectivity index (χ0n) is 11.4. The summed E-state index contributed by atoms with van der Waals surface area (Å²) in [5, 5.41) is 3.57. The van der Waals surface area contributed by atoms with E-state index in [1.807, 2.05) is 26.8 Å². The molecular weight excluding hydrogens is 264 g/mol. The largest absolute Gasteiger partial charge is 0.444 e. The number of alkyl carbamates (subject to hydrolysis) is 1. The van der Waals surface area contributed by atoms with Crippen molar-refractivity contribution in [2.45, 2.75) is 51.2 Å². The number of carbonyl (C=O) groups excluding carboxylic acids is 1. The molecule has 1 aromatic rings. The first-order chi connectivity index (χ1) is 8.83. The van der Waals surface area contributed by atoms with Gasteiger partial charge in [-0.1, -0.05) is 11.6 Å². The van der Waals surface area contributed by atoms with Gasteiger partial charge >= 0.3 is 6.09 Å². The Hall–Kier alpha value is -1.29. The van der Waals surface area contributed by atoms with Crippen molar-refractivity contribution in [1.82, 2.24) is 10.3 Å². The minimum atomic E-state index is -0.457. The highest BCUT2D eigenvalue weighted by Gasteiger charge is 2.33. The minimum Gasteiger partial charge on any atom is -0.444 e.